The maximum atomic E-state index is 13.1. The van der Waals surface area contributed by atoms with Crippen molar-refractivity contribution in [2.45, 2.75) is 247 Å². The Balaban J connectivity index is 1.49. The van der Waals surface area contributed by atoms with Crippen LogP contribution in [0.2, 0.25) is 0 Å². The number of rotatable bonds is 33. The van der Waals surface area contributed by atoms with Gasteiger partial charge in [0, 0.05) is 6.42 Å². The second kappa shape index (κ2) is 32.4. The second-order valence-electron chi connectivity index (χ2n) is 17.9. The van der Waals surface area contributed by atoms with Gasteiger partial charge in [0.15, 0.2) is 18.9 Å². The molecule has 0 aromatic heterocycles. The normalized spacial score (nSPS) is 34.2. The average Bonchev–Trinajstić information content (AvgIpc) is 3.30. The lowest BCUT2D eigenvalue weighted by Crippen LogP contribution is -2.66. The maximum Gasteiger partial charge on any atom is 0.220 e. The molecule has 3 saturated heterocycles. The summed E-state index contributed by atoms with van der Waals surface area (Å²) in [5.74, 6) is -0.262. The van der Waals surface area contributed by atoms with Crippen molar-refractivity contribution in [1.82, 2.24) is 5.32 Å². The lowest BCUT2D eigenvalue weighted by atomic mass is 9.96. The van der Waals surface area contributed by atoms with Crippen LogP contribution in [0.1, 0.15) is 142 Å². The number of allylic oxidation sites excluding steroid dienone is 2. The van der Waals surface area contributed by atoms with E-state index in [1.807, 2.05) is 0 Å². The molecule has 0 aromatic carbocycles. The minimum absolute atomic E-state index is 0.256. The van der Waals surface area contributed by atoms with E-state index in [2.05, 4.69) is 31.3 Å². The molecule has 12 N–H and O–H groups in total. The highest BCUT2D eigenvalue weighted by atomic mass is 16.8. The van der Waals surface area contributed by atoms with Crippen molar-refractivity contribution >= 4 is 5.91 Å². The van der Waals surface area contributed by atoms with Gasteiger partial charge in [-0.2, -0.15) is 0 Å². The van der Waals surface area contributed by atoms with Crippen LogP contribution in [0.5, 0.6) is 0 Å². The third-order valence-corrected chi connectivity index (χ3v) is 12.6. The summed E-state index contributed by atoms with van der Waals surface area (Å²) in [5.41, 5.74) is 0. The van der Waals surface area contributed by atoms with Crippen molar-refractivity contribution in [3.8, 4) is 0 Å². The van der Waals surface area contributed by atoms with Crippen molar-refractivity contribution < 1.29 is 89.4 Å². The van der Waals surface area contributed by atoms with Gasteiger partial charge in [-0.3, -0.25) is 4.79 Å². The van der Waals surface area contributed by atoms with E-state index in [1.165, 1.54) is 44.9 Å². The third-order valence-electron chi connectivity index (χ3n) is 12.6. The maximum absolute atomic E-state index is 13.1. The SMILES string of the molecule is CCCCCCCCC/C=C\CCCCCCCC(=O)NC(COC1OC(CO)C(OC2OC(CO)C(OC3OC(CO)C(O)C(O)C3O)C(O)C2O)C(O)C1O)C(O)CCCCCC. The van der Waals surface area contributed by atoms with Crippen LogP contribution in [0.4, 0.5) is 0 Å². The molecule has 3 aliphatic heterocycles. The van der Waals surface area contributed by atoms with Gasteiger partial charge >= 0.3 is 0 Å². The summed E-state index contributed by atoms with van der Waals surface area (Å²) in [5, 5.41) is 119. The molecule has 3 rings (SSSR count). The summed E-state index contributed by atoms with van der Waals surface area (Å²) in [6, 6.07) is -0.882. The van der Waals surface area contributed by atoms with Crippen LogP contribution in [-0.2, 0) is 33.2 Å². The number of unbranched alkanes of at least 4 members (excludes halogenated alkanes) is 15. The Morgan fingerprint density at radius 3 is 1.49 bits per heavy atom. The first kappa shape index (κ1) is 57.8. The smallest absolute Gasteiger partial charge is 0.220 e. The molecule has 65 heavy (non-hydrogen) atoms. The van der Waals surface area contributed by atoms with E-state index >= 15 is 0 Å². The number of hydrogen-bond donors (Lipinski definition) is 12. The predicted octanol–water partition coefficient (Wildman–Crippen LogP) is 0.695. The monoisotopic (exact) mass is 940 g/mol. The van der Waals surface area contributed by atoms with Crippen LogP contribution in [0, 0.1) is 0 Å². The number of aliphatic hydroxyl groups is 11. The van der Waals surface area contributed by atoms with Crippen molar-refractivity contribution in [3.63, 3.8) is 0 Å². The van der Waals surface area contributed by atoms with Gasteiger partial charge in [0.05, 0.1) is 38.6 Å². The first-order valence-electron chi connectivity index (χ1n) is 24.4. The molecule has 0 bridgehead atoms. The molecule has 0 saturated carbocycles. The van der Waals surface area contributed by atoms with E-state index in [1.54, 1.807) is 0 Å². The quantitative estimate of drug-likeness (QED) is 0.0318. The second-order valence-corrected chi connectivity index (χ2v) is 17.9. The molecule has 0 radical (unpaired) electrons. The summed E-state index contributed by atoms with van der Waals surface area (Å²) in [6.45, 7) is 1.60. The zero-order chi connectivity index (χ0) is 47.7. The van der Waals surface area contributed by atoms with E-state index in [4.69, 9.17) is 28.4 Å². The van der Waals surface area contributed by atoms with Crippen LogP contribution in [-0.4, -0.2) is 193 Å². The van der Waals surface area contributed by atoms with Gasteiger partial charge in [-0.15, -0.1) is 0 Å². The van der Waals surface area contributed by atoms with Gasteiger partial charge in [-0.05, 0) is 38.5 Å². The predicted molar refractivity (Wildman–Crippen MR) is 236 cm³/mol. The zero-order valence-electron chi connectivity index (χ0n) is 38.7. The number of carbonyl (C=O) groups excluding carboxylic acids is 1. The molecule has 17 atom stereocenters. The Labute approximate surface area is 385 Å². The standard InChI is InChI=1S/C46H85NO18/c1-3-5-7-9-10-11-12-13-14-15-16-17-18-19-20-22-24-34(52)47-29(30(51)23-21-8-6-4-2)28-60-44-40(58)37(55)42(32(26-49)62-44)65-46-41(59)38(56)43(33(27-50)63-46)64-45-39(57)36(54)35(53)31(25-48)61-45/h14-15,29-33,35-46,48-51,53-59H,3-13,16-28H2,1-2H3,(H,47,52)/b15-14-. The van der Waals surface area contributed by atoms with Crippen LogP contribution >= 0.6 is 0 Å². The molecule has 3 fully saturated rings. The Bertz CT molecular complexity index is 1260. The van der Waals surface area contributed by atoms with Gasteiger partial charge < -0.3 is 89.9 Å². The molecule has 19 heteroatoms. The van der Waals surface area contributed by atoms with Crippen LogP contribution in [0.3, 0.4) is 0 Å². The molecule has 17 unspecified atom stereocenters. The van der Waals surface area contributed by atoms with Crippen molar-refractivity contribution in [1.29, 1.82) is 0 Å². The molecular weight excluding hydrogens is 854 g/mol. The Hall–Kier alpha value is -1.47. The summed E-state index contributed by atoms with van der Waals surface area (Å²) in [7, 11) is 0. The minimum atomic E-state index is -1.97. The Kier molecular flexibility index (Phi) is 28.8. The number of hydrogen-bond acceptors (Lipinski definition) is 18. The Morgan fingerprint density at radius 1 is 0.538 bits per heavy atom. The summed E-state index contributed by atoms with van der Waals surface area (Å²) in [4.78, 5) is 13.1. The fraction of sp³-hybridized carbons (Fsp3) is 0.935. The first-order valence-corrected chi connectivity index (χ1v) is 24.4. The summed E-state index contributed by atoms with van der Waals surface area (Å²) < 4.78 is 33.9. The Morgan fingerprint density at radius 2 is 0.969 bits per heavy atom. The molecule has 0 aromatic rings. The lowest BCUT2D eigenvalue weighted by molar-refractivity contribution is -0.379. The van der Waals surface area contributed by atoms with Gasteiger partial charge in [0.1, 0.15) is 73.2 Å². The molecule has 1 amide bonds. The van der Waals surface area contributed by atoms with Gasteiger partial charge in [-0.1, -0.05) is 109 Å². The van der Waals surface area contributed by atoms with Crippen LogP contribution in [0.25, 0.3) is 0 Å². The first-order chi connectivity index (χ1) is 31.3. The van der Waals surface area contributed by atoms with E-state index in [9.17, 15) is 61.0 Å². The highest BCUT2D eigenvalue weighted by Crippen LogP contribution is 2.33. The van der Waals surface area contributed by atoms with Crippen molar-refractivity contribution in [2.24, 2.45) is 0 Å². The highest BCUT2D eigenvalue weighted by molar-refractivity contribution is 5.76. The molecule has 19 nitrogen and oxygen atoms in total. The zero-order valence-corrected chi connectivity index (χ0v) is 38.7. The number of amides is 1. The van der Waals surface area contributed by atoms with Gasteiger partial charge in [0.25, 0.3) is 0 Å². The van der Waals surface area contributed by atoms with Crippen molar-refractivity contribution in [2.75, 3.05) is 26.4 Å². The topological polar surface area (TPSA) is 307 Å². The average molecular weight is 940 g/mol. The molecule has 0 spiro atoms. The molecule has 3 aliphatic rings. The van der Waals surface area contributed by atoms with E-state index in [0.29, 0.717) is 19.3 Å². The molecular formula is C46H85NO18. The van der Waals surface area contributed by atoms with Crippen LogP contribution < -0.4 is 5.32 Å². The fourth-order valence-corrected chi connectivity index (χ4v) is 8.42. The molecule has 3 heterocycles. The van der Waals surface area contributed by atoms with Gasteiger partial charge in [0.2, 0.25) is 5.91 Å². The minimum Gasteiger partial charge on any atom is -0.394 e. The summed E-state index contributed by atoms with van der Waals surface area (Å²) in [6.07, 6.45) is -1.56. The largest absolute Gasteiger partial charge is 0.394 e. The summed E-state index contributed by atoms with van der Waals surface area (Å²) >= 11 is 0. The van der Waals surface area contributed by atoms with E-state index < -0.39 is 124 Å². The number of carbonyl (C=O) groups is 1. The van der Waals surface area contributed by atoms with E-state index in [-0.39, 0.29) is 18.9 Å². The molecule has 0 aliphatic carbocycles. The fourth-order valence-electron chi connectivity index (χ4n) is 8.42. The molecule has 382 valence electrons. The van der Waals surface area contributed by atoms with E-state index in [0.717, 1.165) is 57.8 Å². The highest BCUT2D eigenvalue weighted by Gasteiger charge is 2.53. The number of ether oxygens (including phenoxy) is 6. The van der Waals surface area contributed by atoms with Gasteiger partial charge in [-0.25, -0.2) is 0 Å². The number of nitrogens with one attached hydrogen (secondary N) is 1. The third kappa shape index (κ3) is 19.1. The van der Waals surface area contributed by atoms with Crippen LogP contribution in [0.15, 0.2) is 12.2 Å². The number of aliphatic hydroxyl groups excluding tert-OH is 11. The van der Waals surface area contributed by atoms with Crippen molar-refractivity contribution in [3.05, 3.63) is 12.2 Å². The lowest BCUT2D eigenvalue weighted by Gasteiger charge is -2.48.